The number of nitrogens with one attached hydrogen (secondary N) is 1. The van der Waals surface area contributed by atoms with Crippen LogP contribution in [0.3, 0.4) is 0 Å². The van der Waals surface area contributed by atoms with Gasteiger partial charge in [0.1, 0.15) is 0 Å². The zero-order chi connectivity index (χ0) is 16.6. The number of carbonyl (C=O) groups is 1. The maximum absolute atomic E-state index is 11.9. The van der Waals surface area contributed by atoms with E-state index in [-0.39, 0.29) is 17.9 Å². The molecule has 22 heavy (non-hydrogen) atoms. The smallest absolute Gasteiger partial charge is 0.223 e. The average molecular weight is 313 g/mol. The molecule has 4 nitrogen and oxygen atoms in total. The van der Waals surface area contributed by atoms with E-state index in [0.717, 1.165) is 32.3 Å². The molecule has 1 aliphatic carbocycles. The average Bonchev–Trinajstić information content (AvgIpc) is 2.33. The summed E-state index contributed by atoms with van der Waals surface area (Å²) in [4.78, 5) is 11.9. The van der Waals surface area contributed by atoms with Crippen LogP contribution in [0.1, 0.15) is 66.7 Å². The minimum atomic E-state index is 0.152. The minimum absolute atomic E-state index is 0.152. The van der Waals surface area contributed by atoms with Gasteiger partial charge in [-0.1, -0.05) is 20.8 Å². The molecule has 0 aromatic carbocycles. The van der Waals surface area contributed by atoms with Gasteiger partial charge in [-0.3, -0.25) is 4.79 Å². The van der Waals surface area contributed by atoms with Crippen LogP contribution in [0.2, 0.25) is 0 Å². The first-order valence-electron chi connectivity index (χ1n) is 8.79. The van der Waals surface area contributed by atoms with Gasteiger partial charge in [0.05, 0.1) is 12.2 Å². The number of carbonyl (C=O) groups excluding carboxylic acids is 1. The Labute approximate surface area is 136 Å². The Kier molecular flexibility index (Phi) is 8.40. The Morgan fingerprint density at radius 3 is 2.45 bits per heavy atom. The second-order valence-corrected chi connectivity index (χ2v) is 7.89. The van der Waals surface area contributed by atoms with Gasteiger partial charge in [-0.25, -0.2) is 0 Å². The van der Waals surface area contributed by atoms with Gasteiger partial charge in [0.2, 0.25) is 5.91 Å². The molecule has 0 aromatic rings. The summed E-state index contributed by atoms with van der Waals surface area (Å²) in [5.74, 6) is 0.331. The summed E-state index contributed by atoms with van der Waals surface area (Å²) < 4.78 is 11.3. The minimum Gasteiger partial charge on any atom is -0.379 e. The zero-order valence-corrected chi connectivity index (χ0v) is 15.1. The molecule has 1 saturated carbocycles. The Hall–Kier alpha value is -0.610. The molecule has 0 unspecified atom stereocenters. The van der Waals surface area contributed by atoms with Crippen LogP contribution in [-0.2, 0) is 14.3 Å². The van der Waals surface area contributed by atoms with Crippen LogP contribution in [0.5, 0.6) is 0 Å². The normalized spacial score (nSPS) is 21.7. The molecule has 1 amide bonds. The van der Waals surface area contributed by atoms with Crippen LogP contribution in [0.4, 0.5) is 0 Å². The molecule has 0 saturated heterocycles. The van der Waals surface area contributed by atoms with Crippen molar-refractivity contribution in [2.75, 3.05) is 19.8 Å². The fourth-order valence-corrected chi connectivity index (χ4v) is 2.52. The number of ether oxygens (including phenoxy) is 2. The SMILES string of the molecule is CC(C)OCCCNC(=O)C1CC(OCCCC(C)(C)C)C1. The first-order valence-corrected chi connectivity index (χ1v) is 8.79. The van der Waals surface area contributed by atoms with Gasteiger partial charge in [0.15, 0.2) is 0 Å². The maximum atomic E-state index is 11.9. The van der Waals surface area contributed by atoms with Crippen LogP contribution in [0, 0.1) is 11.3 Å². The number of amides is 1. The lowest BCUT2D eigenvalue weighted by Crippen LogP contribution is -2.42. The molecule has 0 aromatic heterocycles. The summed E-state index contributed by atoms with van der Waals surface area (Å²) in [6.07, 6.45) is 5.48. The van der Waals surface area contributed by atoms with Gasteiger partial charge in [0, 0.05) is 25.7 Å². The number of rotatable bonds is 10. The van der Waals surface area contributed by atoms with Crippen LogP contribution >= 0.6 is 0 Å². The van der Waals surface area contributed by atoms with Crippen molar-refractivity contribution in [1.82, 2.24) is 5.32 Å². The molecule has 4 heteroatoms. The zero-order valence-electron chi connectivity index (χ0n) is 15.1. The van der Waals surface area contributed by atoms with Crippen LogP contribution in [0.15, 0.2) is 0 Å². The molecule has 1 N–H and O–H groups in total. The number of hydrogen-bond acceptors (Lipinski definition) is 3. The lowest BCUT2D eigenvalue weighted by Gasteiger charge is -2.34. The van der Waals surface area contributed by atoms with Crippen molar-refractivity contribution in [2.45, 2.75) is 78.9 Å². The lowest BCUT2D eigenvalue weighted by atomic mass is 9.81. The Balaban J connectivity index is 1.96. The first kappa shape index (κ1) is 19.4. The quantitative estimate of drug-likeness (QED) is 0.628. The van der Waals surface area contributed by atoms with E-state index in [9.17, 15) is 4.79 Å². The van der Waals surface area contributed by atoms with E-state index < -0.39 is 0 Å². The largest absolute Gasteiger partial charge is 0.379 e. The molecule has 130 valence electrons. The lowest BCUT2D eigenvalue weighted by molar-refractivity contribution is -0.134. The van der Waals surface area contributed by atoms with Crippen molar-refractivity contribution in [2.24, 2.45) is 11.3 Å². The summed E-state index contributed by atoms with van der Waals surface area (Å²) in [5, 5.41) is 2.99. The van der Waals surface area contributed by atoms with Gasteiger partial charge in [-0.05, 0) is 51.4 Å². The van der Waals surface area contributed by atoms with Gasteiger partial charge < -0.3 is 14.8 Å². The second kappa shape index (κ2) is 9.51. The highest BCUT2D eigenvalue weighted by molar-refractivity contribution is 5.79. The van der Waals surface area contributed by atoms with E-state index in [1.807, 2.05) is 13.8 Å². The van der Waals surface area contributed by atoms with E-state index in [1.165, 1.54) is 6.42 Å². The highest BCUT2D eigenvalue weighted by Crippen LogP contribution is 2.30. The van der Waals surface area contributed by atoms with Crippen molar-refractivity contribution in [3.8, 4) is 0 Å². The van der Waals surface area contributed by atoms with Crippen LogP contribution in [0.25, 0.3) is 0 Å². The summed E-state index contributed by atoms with van der Waals surface area (Å²) in [5.41, 5.74) is 0.380. The van der Waals surface area contributed by atoms with Gasteiger partial charge in [-0.2, -0.15) is 0 Å². The van der Waals surface area contributed by atoms with Gasteiger partial charge >= 0.3 is 0 Å². The molecular formula is C18H35NO3. The van der Waals surface area contributed by atoms with E-state index >= 15 is 0 Å². The maximum Gasteiger partial charge on any atom is 0.223 e. The van der Waals surface area contributed by atoms with E-state index in [2.05, 4.69) is 26.1 Å². The van der Waals surface area contributed by atoms with E-state index in [4.69, 9.17) is 9.47 Å². The highest BCUT2D eigenvalue weighted by Gasteiger charge is 2.34. The molecule has 1 rings (SSSR count). The van der Waals surface area contributed by atoms with Crippen molar-refractivity contribution in [3.05, 3.63) is 0 Å². The molecule has 1 aliphatic rings. The monoisotopic (exact) mass is 313 g/mol. The van der Waals surface area contributed by atoms with Gasteiger partial charge in [-0.15, -0.1) is 0 Å². The molecule has 0 atom stereocenters. The predicted molar refractivity (Wildman–Crippen MR) is 89.9 cm³/mol. The van der Waals surface area contributed by atoms with E-state index in [1.54, 1.807) is 0 Å². The molecule has 0 radical (unpaired) electrons. The second-order valence-electron chi connectivity index (χ2n) is 7.89. The van der Waals surface area contributed by atoms with Crippen LogP contribution in [-0.4, -0.2) is 37.9 Å². The predicted octanol–water partition coefficient (Wildman–Crippen LogP) is 3.54. The summed E-state index contributed by atoms with van der Waals surface area (Å²) in [6, 6.07) is 0. The summed E-state index contributed by atoms with van der Waals surface area (Å²) in [7, 11) is 0. The van der Waals surface area contributed by atoms with Gasteiger partial charge in [0.25, 0.3) is 0 Å². The Morgan fingerprint density at radius 1 is 1.18 bits per heavy atom. The molecule has 0 heterocycles. The Bertz CT molecular complexity index is 317. The fourth-order valence-electron chi connectivity index (χ4n) is 2.52. The molecular weight excluding hydrogens is 278 g/mol. The molecule has 0 bridgehead atoms. The molecule has 0 spiro atoms. The summed E-state index contributed by atoms with van der Waals surface area (Å²) >= 11 is 0. The summed E-state index contributed by atoms with van der Waals surface area (Å²) in [6.45, 7) is 13.0. The number of hydrogen-bond donors (Lipinski definition) is 1. The van der Waals surface area contributed by atoms with Crippen molar-refractivity contribution >= 4 is 5.91 Å². The van der Waals surface area contributed by atoms with Crippen molar-refractivity contribution < 1.29 is 14.3 Å². The topological polar surface area (TPSA) is 47.6 Å². The highest BCUT2D eigenvalue weighted by atomic mass is 16.5. The van der Waals surface area contributed by atoms with E-state index in [0.29, 0.717) is 24.7 Å². The van der Waals surface area contributed by atoms with Crippen LogP contribution < -0.4 is 5.32 Å². The standard InChI is InChI=1S/C18H35NO3/c1-14(2)21-11-7-9-19-17(20)15-12-16(13-15)22-10-6-8-18(3,4)5/h14-16H,6-13H2,1-5H3,(H,19,20). The molecule has 1 fully saturated rings. The van der Waals surface area contributed by atoms with Crippen molar-refractivity contribution in [3.63, 3.8) is 0 Å². The van der Waals surface area contributed by atoms with Crippen molar-refractivity contribution in [1.29, 1.82) is 0 Å². The Morgan fingerprint density at radius 2 is 1.86 bits per heavy atom. The first-order chi connectivity index (χ1) is 10.3. The molecule has 0 aliphatic heterocycles. The third kappa shape index (κ3) is 8.74. The third-order valence-electron chi connectivity index (χ3n) is 3.96. The fraction of sp³-hybridized carbons (Fsp3) is 0.944. The third-order valence-corrected chi connectivity index (χ3v) is 3.96.